The van der Waals surface area contributed by atoms with Gasteiger partial charge in [-0.2, -0.15) is 0 Å². The third-order valence-electron chi connectivity index (χ3n) is 3.59. The largest absolute Gasteiger partial charge is 0.378 e. The normalized spacial score (nSPS) is 20.3. The van der Waals surface area contributed by atoms with Gasteiger partial charge in [0.1, 0.15) is 0 Å². The van der Waals surface area contributed by atoms with E-state index in [1.807, 2.05) is 12.1 Å². The highest BCUT2D eigenvalue weighted by atomic mass is 79.9. The molecule has 0 aromatic heterocycles. The Morgan fingerprint density at radius 2 is 2.11 bits per heavy atom. The minimum Gasteiger partial charge on any atom is -0.378 e. The lowest BCUT2D eigenvalue weighted by molar-refractivity contribution is 0.0892. The van der Waals surface area contributed by atoms with E-state index in [0.29, 0.717) is 6.10 Å². The van der Waals surface area contributed by atoms with Gasteiger partial charge in [-0.15, -0.1) is 0 Å². The monoisotopic (exact) mass is 394 g/mol. The molecule has 0 amide bonds. The highest BCUT2D eigenvalue weighted by Crippen LogP contribution is 2.37. The number of benzene rings is 1. The molecular formula is C14H17Br2ClO. The van der Waals surface area contributed by atoms with Crippen LogP contribution >= 0.6 is 43.5 Å². The lowest BCUT2D eigenvalue weighted by Gasteiger charge is -2.33. The molecule has 1 atom stereocenters. The molecule has 100 valence electrons. The SMILES string of the molecule is Clc1cccc(C(CBr)(CBr)CC2CCCO2)c1. The summed E-state index contributed by atoms with van der Waals surface area (Å²) in [6.07, 6.45) is 3.76. The van der Waals surface area contributed by atoms with Crippen molar-refractivity contribution in [1.82, 2.24) is 0 Å². The van der Waals surface area contributed by atoms with Gasteiger partial charge in [0.15, 0.2) is 0 Å². The lowest BCUT2D eigenvalue weighted by atomic mass is 9.79. The maximum atomic E-state index is 6.12. The van der Waals surface area contributed by atoms with Crippen molar-refractivity contribution >= 4 is 43.5 Å². The van der Waals surface area contributed by atoms with Crippen LogP contribution in [0.3, 0.4) is 0 Å². The molecule has 0 N–H and O–H groups in total. The van der Waals surface area contributed by atoms with Crippen molar-refractivity contribution in [2.24, 2.45) is 0 Å². The minimum absolute atomic E-state index is 0.0555. The summed E-state index contributed by atoms with van der Waals surface area (Å²) in [5, 5.41) is 2.61. The number of rotatable bonds is 5. The molecular weight excluding hydrogens is 379 g/mol. The Balaban J connectivity index is 2.24. The summed E-state index contributed by atoms with van der Waals surface area (Å²) in [5.41, 5.74) is 1.33. The van der Waals surface area contributed by atoms with Gasteiger partial charge in [-0.3, -0.25) is 0 Å². The van der Waals surface area contributed by atoms with Crippen LogP contribution in [0.25, 0.3) is 0 Å². The predicted molar refractivity (Wildman–Crippen MR) is 84.3 cm³/mol. The van der Waals surface area contributed by atoms with Crippen LogP contribution in [0.15, 0.2) is 24.3 Å². The molecule has 1 unspecified atom stereocenters. The van der Waals surface area contributed by atoms with Crippen molar-refractivity contribution in [3.63, 3.8) is 0 Å². The summed E-state index contributed by atoms with van der Waals surface area (Å²) >= 11 is 13.5. The number of hydrogen-bond acceptors (Lipinski definition) is 1. The van der Waals surface area contributed by atoms with E-state index in [1.54, 1.807) is 0 Å². The van der Waals surface area contributed by atoms with Crippen molar-refractivity contribution in [3.8, 4) is 0 Å². The fourth-order valence-electron chi connectivity index (χ4n) is 2.48. The van der Waals surface area contributed by atoms with Crippen LogP contribution in [0.4, 0.5) is 0 Å². The average Bonchev–Trinajstić information content (AvgIpc) is 2.89. The number of ether oxygens (including phenoxy) is 1. The summed E-state index contributed by atoms with van der Waals surface area (Å²) in [5.74, 6) is 0. The maximum Gasteiger partial charge on any atom is 0.0585 e. The molecule has 1 aromatic carbocycles. The van der Waals surface area contributed by atoms with Gasteiger partial charge in [0.25, 0.3) is 0 Å². The van der Waals surface area contributed by atoms with E-state index in [0.717, 1.165) is 28.7 Å². The van der Waals surface area contributed by atoms with Gasteiger partial charge in [-0.05, 0) is 37.0 Å². The molecule has 1 aliphatic heterocycles. The van der Waals surface area contributed by atoms with Crippen LogP contribution in [-0.4, -0.2) is 23.4 Å². The Hall–Kier alpha value is 0.430. The quantitative estimate of drug-likeness (QED) is 0.641. The van der Waals surface area contributed by atoms with E-state index in [-0.39, 0.29) is 5.41 Å². The van der Waals surface area contributed by atoms with Gasteiger partial charge < -0.3 is 4.74 Å². The Morgan fingerprint density at radius 3 is 2.67 bits per heavy atom. The molecule has 1 aromatic rings. The molecule has 0 saturated carbocycles. The predicted octanol–water partition coefficient (Wildman–Crippen LogP) is 4.94. The Morgan fingerprint density at radius 1 is 1.33 bits per heavy atom. The van der Waals surface area contributed by atoms with Crippen molar-refractivity contribution in [3.05, 3.63) is 34.9 Å². The number of alkyl halides is 2. The second kappa shape index (κ2) is 6.74. The first-order valence-electron chi connectivity index (χ1n) is 6.20. The molecule has 1 nitrogen and oxygen atoms in total. The van der Waals surface area contributed by atoms with Crippen molar-refractivity contribution < 1.29 is 4.74 Å². The second-order valence-electron chi connectivity index (χ2n) is 4.90. The Bertz CT molecular complexity index is 387. The van der Waals surface area contributed by atoms with E-state index < -0.39 is 0 Å². The van der Waals surface area contributed by atoms with Crippen LogP contribution in [0.1, 0.15) is 24.8 Å². The van der Waals surface area contributed by atoms with E-state index in [4.69, 9.17) is 16.3 Å². The summed E-state index contributed by atoms with van der Waals surface area (Å²) in [6, 6.07) is 8.17. The molecule has 0 radical (unpaired) electrons. The zero-order chi connectivity index (χ0) is 13.0. The van der Waals surface area contributed by atoms with Gasteiger partial charge in [-0.25, -0.2) is 0 Å². The molecule has 0 aliphatic carbocycles. The molecule has 1 heterocycles. The van der Waals surface area contributed by atoms with E-state index in [1.165, 1.54) is 18.4 Å². The molecule has 18 heavy (non-hydrogen) atoms. The zero-order valence-corrected chi connectivity index (χ0v) is 14.1. The second-order valence-corrected chi connectivity index (χ2v) is 6.45. The number of hydrogen-bond donors (Lipinski definition) is 0. The third-order valence-corrected chi connectivity index (χ3v) is 5.97. The maximum absolute atomic E-state index is 6.12. The van der Waals surface area contributed by atoms with E-state index in [9.17, 15) is 0 Å². The van der Waals surface area contributed by atoms with Crippen LogP contribution in [-0.2, 0) is 10.2 Å². The first-order chi connectivity index (χ1) is 8.70. The molecule has 0 bridgehead atoms. The fourth-order valence-corrected chi connectivity index (χ4v) is 4.70. The summed E-state index contributed by atoms with van der Waals surface area (Å²) in [4.78, 5) is 0. The van der Waals surface area contributed by atoms with Crippen molar-refractivity contribution in [1.29, 1.82) is 0 Å². The van der Waals surface area contributed by atoms with E-state index in [2.05, 4.69) is 44.0 Å². The summed E-state index contributed by atoms with van der Waals surface area (Å²) < 4.78 is 5.79. The van der Waals surface area contributed by atoms with Gasteiger partial charge in [0.2, 0.25) is 0 Å². The Labute approximate surface area is 130 Å². The van der Waals surface area contributed by atoms with Crippen molar-refractivity contribution in [2.45, 2.75) is 30.8 Å². The van der Waals surface area contributed by atoms with Gasteiger partial charge in [-0.1, -0.05) is 55.6 Å². The third kappa shape index (κ3) is 3.30. The number of halogens is 3. The summed E-state index contributed by atoms with van der Waals surface area (Å²) in [6.45, 7) is 0.904. The molecule has 2 rings (SSSR count). The molecule has 0 spiro atoms. The average molecular weight is 397 g/mol. The minimum atomic E-state index is 0.0555. The van der Waals surface area contributed by atoms with Gasteiger partial charge >= 0.3 is 0 Å². The molecule has 1 fully saturated rings. The topological polar surface area (TPSA) is 9.23 Å². The molecule has 4 heteroatoms. The summed E-state index contributed by atoms with van der Waals surface area (Å²) in [7, 11) is 0. The highest BCUT2D eigenvalue weighted by molar-refractivity contribution is 9.09. The van der Waals surface area contributed by atoms with Crippen LogP contribution in [0.5, 0.6) is 0 Å². The molecule has 1 saturated heterocycles. The smallest absolute Gasteiger partial charge is 0.0585 e. The fraction of sp³-hybridized carbons (Fsp3) is 0.571. The zero-order valence-electron chi connectivity index (χ0n) is 10.2. The lowest BCUT2D eigenvalue weighted by Crippen LogP contribution is -2.34. The highest BCUT2D eigenvalue weighted by Gasteiger charge is 2.34. The van der Waals surface area contributed by atoms with Crippen LogP contribution < -0.4 is 0 Å². The standard InChI is InChI=1S/C14H17Br2ClO/c15-9-14(10-16,8-13-5-2-6-18-13)11-3-1-4-12(17)7-11/h1,3-4,7,13H,2,5-6,8-10H2. The molecule has 1 aliphatic rings. The van der Waals surface area contributed by atoms with Gasteiger partial charge in [0.05, 0.1) is 6.10 Å². The first-order valence-corrected chi connectivity index (χ1v) is 8.82. The van der Waals surface area contributed by atoms with E-state index >= 15 is 0 Å². The van der Waals surface area contributed by atoms with Gasteiger partial charge in [0, 0.05) is 27.7 Å². The Kier molecular flexibility index (Phi) is 5.55. The van der Waals surface area contributed by atoms with Crippen LogP contribution in [0, 0.1) is 0 Å². The van der Waals surface area contributed by atoms with Crippen molar-refractivity contribution in [2.75, 3.05) is 17.3 Å². The van der Waals surface area contributed by atoms with Crippen LogP contribution in [0.2, 0.25) is 5.02 Å². The first kappa shape index (κ1) is 14.8.